The summed E-state index contributed by atoms with van der Waals surface area (Å²) in [6.07, 6.45) is 0.268. The topological polar surface area (TPSA) is 96.0 Å². The quantitative estimate of drug-likeness (QED) is 0.799. The van der Waals surface area contributed by atoms with E-state index in [1.165, 1.54) is 0 Å². The van der Waals surface area contributed by atoms with Crippen molar-refractivity contribution < 1.29 is 8.42 Å². The molecule has 0 amide bonds. The Hall–Kier alpha value is -1.42. The molecule has 0 aliphatic rings. The van der Waals surface area contributed by atoms with Gasteiger partial charge in [-0.25, -0.2) is 13.1 Å². The Kier molecular flexibility index (Phi) is 5.28. The summed E-state index contributed by atoms with van der Waals surface area (Å²) in [5.74, 6) is 0. The van der Waals surface area contributed by atoms with Crippen molar-refractivity contribution in [2.75, 3.05) is 0 Å². The summed E-state index contributed by atoms with van der Waals surface area (Å²) in [5, 5.41) is 7.76. The monoisotopic (exact) mass is 267 g/mol. The Morgan fingerprint density at radius 2 is 2.00 bits per heavy atom. The second-order valence-corrected chi connectivity index (χ2v) is 5.81. The Balaban J connectivity index is 2.80. The lowest BCUT2D eigenvalue weighted by atomic mass is 10.1. The van der Waals surface area contributed by atoms with Crippen LogP contribution in [0.5, 0.6) is 0 Å². The van der Waals surface area contributed by atoms with Crippen LogP contribution in [0.1, 0.15) is 24.5 Å². The molecule has 6 heteroatoms. The standard InChI is InChI=1S/C12H17N3O2S/c1-2-12(8-14)18(16,17)15-9-11-6-4-3-5-10(11)7-13/h3-6,12,15H,2,7,9,13H2,1H3. The van der Waals surface area contributed by atoms with E-state index in [2.05, 4.69) is 4.72 Å². The van der Waals surface area contributed by atoms with Gasteiger partial charge in [-0.2, -0.15) is 5.26 Å². The highest BCUT2D eigenvalue weighted by atomic mass is 32.2. The number of nitrogens with zero attached hydrogens (tertiary/aromatic N) is 1. The molecule has 1 aromatic rings. The molecule has 3 N–H and O–H groups in total. The highest BCUT2D eigenvalue weighted by molar-refractivity contribution is 7.90. The predicted octanol–water partition coefficient (Wildman–Crippen LogP) is 0.867. The van der Waals surface area contributed by atoms with Crippen molar-refractivity contribution in [3.8, 4) is 6.07 Å². The van der Waals surface area contributed by atoms with E-state index < -0.39 is 15.3 Å². The van der Waals surface area contributed by atoms with E-state index in [9.17, 15) is 8.42 Å². The number of hydrogen-bond acceptors (Lipinski definition) is 4. The highest BCUT2D eigenvalue weighted by Crippen LogP contribution is 2.09. The van der Waals surface area contributed by atoms with Crippen LogP contribution in [-0.2, 0) is 23.1 Å². The molecule has 5 nitrogen and oxygen atoms in total. The number of nitrogens with two attached hydrogens (primary N) is 1. The summed E-state index contributed by atoms with van der Waals surface area (Å²) < 4.78 is 26.0. The van der Waals surface area contributed by atoms with Crippen LogP contribution in [0.25, 0.3) is 0 Å². The largest absolute Gasteiger partial charge is 0.326 e. The lowest BCUT2D eigenvalue weighted by Gasteiger charge is -2.12. The number of hydrogen-bond donors (Lipinski definition) is 2. The molecule has 0 fully saturated rings. The summed E-state index contributed by atoms with van der Waals surface area (Å²) in [6.45, 7) is 2.18. The molecular weight excluding hydrogens is 250 g/mol. The van der Waals surface area contributed by atoms with Crippen molar-refractivity contribution in [2.45, 2.75) is 31.7 Å². The van der Waals surface area contributed by atoms with E-state index in [0.29, 0.717) is 6.54 Å². The lowest BCUT2D eigenvalue weighted by molar-refractivity contribution is 0.572. The Morgan fingerprint density at radius 1 is 1.39 bits per heavy atom. The molecule has 1 aromatic carbocycles. The minimum absolute atomic E-state index is 0.161. The fourth-order valence-corrected chi connectivity index (χ4v) is 2.72. The molecule has 0 aliphatic heterocycles. The van der Waals surface area contributed by atoms with E-state index >= 15 is 0 Å². The third-order valence-electron chi connectivity index (χ3n) is 2.69. The van der Waals surface area contributed by atoms with Gasteiger partial charge in [0.05, 0.1) is 6.07 Å². The molecule has 0 saturated carbocycles. The molecular formula is C12H17N3O2S. The molecule has 0 bridgehead atoms. The molecule has 0 aromatic heterocycles. The average molecular weight is 267 g/mol. The molecule has 18 heavy (non-hydrogen) atoms. The molecule has 0 aliphatic carbocycles. The van der Waals surface area contributed by atoms with Crippen LogP contribution in [0.15, 0.2) is 24.3 Å². The van der Waals surface area contributed by atoms with Crippen LogP contribution in [0.3, 0.4) is 0 Å². The van der Waals surface area contributed by atoms with Gasteiger partial charge in [-0.15, -0.1) is 0 Å². The van der Waals surface area contributed by atoms with E-state index in [-0.39, 0.29) is 13.0 Å². The average Bonchev–Trinajstić information content (AvgIpc) is 2.38. The normalized spacial score (nSPS) is 12.9. The van der Waals surface area contributed by atoms with Crippen molar-refractivity contribution >= 4 is 10.0 Å². The van der Waals surface area contributed by atoms with Gasteiger partial charge in [0.15, 0.2) is 5.25 Å². The second-order valence-electron chi connectivity index (χ2n) is 3.86. The number of nitrogens with one attached hydrogen (secondary N) is 1. The van der Waals surface area contributed by atoms with Crippen molar-refractivity contribution in [1.29, 1.82) is 5.26 Å². The first-order valence-electron chi connectivity index (χ1n) is 5.70. The SMILES string of the molecule is CCC(C#N)S(=O)(=O)NCc1ccccc1CN. The minimum Gasteiger partial charge on any atom is -0.326 e. The molecule has 0 saturated heterocycles. The van der Waals surface area contributed by atoms with E-state index in [1.807, 2.05) is 24.3 Å². The van der Waals surface area contributed by atoms with Gasteiger partial charge in [0, 0.05) is 13.1 Å². The van der Waals surface area contributed by atoms with Crippen molar-refractivity contribution in [1.82, 2.24) is 4.72 Å². The van der Waals surface area contributed by atoms with Gasteiger partial charge in [-0.05, 0) is 17.5 Å². The molecule has 1 rings (SSSR count). The zero-order valence-corrected chi connectivity index (χ0v) is 11.1. The number of sulfonamides is 1. The van der Waals surface area contributed by atoms with Gasteiger partial charge in [-0.1, -0.05) is 31.2 Å². The lowest BCUT2D eigenvalue weighted by Crippen LogP contribution is -2.33. The van der Waals surface area contributed by atoms with E-state index in [0.717, 1.165) is 11.1 Å². The van der Waals surface area contributed by atoms with Gasteiger partial charge in [-0.3, -0.25) is 0 Å². The van der Waals surface area contributed by atoms with Gasteiger partial charge in [0.25, 0.3) is 0 Å². The van der Waals surface area contributed by atoms with Gasteiger partial charge in [0.2, 0.25) is 10.0 Å². The fraction of sp³-hybridized carbons (Fsp3) is 0.417. The van der Waals surface area contributed by atoms with Crippen LogP contribution in [0.2, 0.25) is 0 Å². The Bertz CT molecular complexity index is 534. The maximum atomic E-state index is 11.8. The van der Waals surface area contributed by atoms with Crippen LogP contribution in [0, 0.1) is 11.3 Å². The first-order valence-corrected chi connectivity index (χ1v) is 7.24. The molecule has 0 radical (unpaired) electrons. The molecule has 1 atom stereocenters. The first kappa shape index (κ1) is 14.6. The van der Waals surface area contributed by atoms with Crippen LogP contribution in [0.4, 0.5) is 0 Å². The van der Waals surface area contributed by atoms with Crippen molar-refractivity contribution in [2.24, 2.45) is 5.73 Å². The van der Waals surface area contributed by atoms with Gasteiger partial charge in [0.1, 0.15) is 0 Å². The van der Waals surface area contributed by atoms with E-state index in [4.69, 9.17) is 11.0 Å². The minimum atomic E-state index is -3.60. The molecule has 1 unspecified atom stereocenters. The number of nitriles is 1. The molecule has 0 spiro atoms. The van der Waals surface area contributed by atoms with Gasteiger partial charge >= 0.3 is 0 Å². The Morgan fingerprint density at radius 3 is 2.50 bits per heavy atom. The predicted molar refractivity (Wildman–Crippen MR) is 69.8 cm³/mol. The zero-order valence-electron chi connectivity index (χ0n) is 10.3. The third kappa shape index (κ3) is 3.53. The maximum absolute atomic E-state index is 11.8. The zero-order chi connectivity index (χ0) is 13.6. The maximum Gasteiger partial charge on any atom is 0.228 e. The van der Waals surface area contributed by atoms with E-state index in [1.54, 1.807) is 13.0 Å². The summed E-state index contributed by atoms with van der Waals surface area (Å²) in [7, 11) is -3.60. The molecule has 98 valence electrons. The van der Waals surface area contributed by atoms with Crippen LogP contribution in [-0.4, -0.2) is 13.7 Å². The summed E-state index contributed by atoms with van der Waals surface area (Å²) in [5.41, 5.74) is 7.30. The van der Waals surface area contributed by atoms with Crippen molar-refractivity contribution in [3.05, 3.63) is 35.4 Å². The Labute approximate surface area is 108 Å². The smallest absolute Gasteiger partial charge is 0.228 e. The van der Waals surface area contributed by atoms with Gasteiger partial charge < -0.3 is 5.73 Å². The molecule has 0 heterocycles. The summed E-state index contributed by atoms with van der Waals surface area (Å²) in [4.78, 5) is 0. The van der Waals surface area contributed by atoms with Crippen molar-refractivity contribution in [3.63, 3.8) is 0 Å². The third-order valence-corrected chi connectivity index (χ3v) is 4.43. The second kappa shape index (κ2) is 6.50. The summed E-state index contributed by atoms with van der Waals surface area (Å²) >= 11 is 0. The first-order chi connectivity index (χ1) is 8.55. The fourth-order valence-electron chi connectivity index (χ4n) is 1.59. The van der Waals surface area contributed by atoms with Crippen LogP contribution >= 0.6 is 0 Å². The summed E-state index contributed by atoms with van der Waals surface area (Å²) in [6, 6.07) is 9.13. The number of rotatable bonds is 6. The number of benzene rings is 1. The van der Waals surface area contributed by atoms with Crippen LogP contribution < -0.4 is 10.5 Å². The highest BCUT2D eigenvalue weighted by Gasteiger charge is 2.22.